The van der Waals surface area contributed by atoms with Crippen LogP contribution in [0.4, 0.5) is 11.4 Å². The van der Waals surface area contributed by atoms with E-state index >= 15 is 0 Å². The molecule has 2 amide bonds. The third kappa shape index (κ3) is 3.76. The van der Waals surface area contributed by atoms with Gasteiger partial charge in [0.15, 0.2) is 0 Å². The third-order valence-electron chi connectivity index (χ3n) is 3.92. The maximum Gasteiger partial charge on any atom is 0.228 e. The van der Waals surface area contributed by atoms with E-state index in [0.29, 0.717) is 23.5 Å². The third-order valence-corrected chi connectivity index (χ3v) is 4.41. The molecule has 24 heavy (non-hydrogen) atoms. The maximum atomic E-state index is 12.3. The van der Waals surface area contributed by atoms with E-state index in [4.69, 9.17) is 4.74 Å². The fraction of sp³-hybridized carbons (Fsp3) is 0.222. The van der Waals surface area contributed by atoms with Gasteiger partial charge in [-0.3, -0.25) is 9.59 Å². The number of methoxy groups -OCH3 is 1. The van der Waals surface area contributed by atoms with E-state index in [2.05, 4.69) is 26.6 Å². The molecule has 2 atom stereocenters. The van der Waals surface area contributed by atoms with Gasteiger partial charge in [0.2, 0.25) is 11.8 Å². The molecule has 2 unspecified atom stereocenters. The summed E-state index contributed by atoms with van der Waals surface area (Å²) in [5.74, 6) is -0.287. The van der Waals surface area contributed by atoms with Gasteiger partial charge in [0.1, 0.15) is 5.75 Å². The molecule has 1 aliphatic rings. The number of nitrogens with one attached hydrogen (secondary N) is 2. The molecule has 0 aliphatic heterocycles. The van der Waals surface area contributed by atoms with Crippen LogP contribution in [0.15, 0.2) is 53.0 Å². The van der Waals surface area contributed by atoms with Gasteiger partial charge in [0.05, 0.1) is 24.6 Å². The molecule has 2 aromatic rings. The van der Waals surface area contributed by atoms with Crippen LogP contribution in [0.5, 0.6) is 5.75 Å². The molecule has 1 aliphatic carbocycles. The summed E-state index contributed by atoms with van der Waals surface area (Å²) >= 11 is 3.36. The monoisotopic (exact) mass is 388 g/mol. The van der Waals surface area contributed by atoms with Crippen molar-refractivity contribution in [3.8, 4) is 5.75 Å². The molecule has 0 radical (unpaired) electrons. The molecule has 0 aromatic heterocycles. The SMILES string of the molecule is COc1ccccc1NC(=O)C1CC1C(=O)Nc1cccc(Br)c1. The Morgan fingerprint density at radius 2 is 1.75 bits per heavy atom. The summed E-state index contributed by atoms with van der Waals surface area (Å²) in [5.41, 5.74) is 1.33. The predicted molar refractivity (Wildman–Crippen MR) is 96.0 cm³/mol. The molecular weight excluding hydrogens is 372 g/mol. The van der Waals surface area contributed by atoms with Crippen molar-refractivity contribution in [1.29, 1.82) is 0 Å². The molecule has 124 valence electrons. The minimum absolute atomic E-state index is 0.131. The van der Waals surface area contributed by atoms with E-state index in [1.807, 2.05) is 36.4 Å². The summed E-state index contributed by atoms with van der Waals surface area (Å²) in [7, 11) is 1.55. The summed E-state index contributed by atoms with van der Waals surface area (Å²) in [4.78, 5) is 24.6. The van der Waals surface area contributed by atoms with E-state index in [0.717, 1.165) is 4.47 Å². The van der Waals surface area contributed by atoms with Crippen LogP contribution in [0.1, 0.15) is 6.42 Å². The van der Waals surface area contributed by atoms with Crippen molar-refractivity contribution in [2.75, 3.05) is 17.7 Å². The Hall–Kier alpha value is -2.34. The van der Waals surface area contributed by atoms with Gasteiger partial charge in [-0.25, -0.2) is 0 Å². The van der Waals surface area contributed by atoms with Crippen LogP contribution < -0.4 is 15.4 Å². The number of rotatable bonds is 5. The van der Waals surface area contributed by atoms with Crippen LogP contribution in [-0.4, -0.2) is 18.9 Å². The number of carbonyl (C=O) groups excluding carboxylic acids is 2. The van der Waals surface area contributed by atoms with Crippen LogP contribution in [0.25, 0.3) is 0 Å². The van der Waals surface area contributed by atoms with Crippen LogP contribution >= 0.6 is 15.9 Å². The quantitative estimate of drug-likeness (QED) is 0.820. The first-order valence-electron chi connectivity index (χ1n) is 7.59. The molecule has 0 spiro atoms. The van der Waals surface area contributed by atoms with Crippen LogP contribution in [0.2, 0.25) is 0 Å². The van der Waals surface area contributed by atoms with Gasteiger partial charge in [-0.05, 0) is 36.8 Å². The molecule has 0 bridgehead atoms. The van der Waals surface area contributed by atoms with E-state index in [-0.39, 0.29) is 23.7 Å². The molecule has 5 nitrogen and oxygen atoms in total. The lowest BCUT2D eigenvalue weighted by Crippen LogP contribution is -2.20. The Bertz CT molecular complexity index is 778. The van der Waals surface area contributed by atoms with Gasteiger partial charge in [-0.1, -0.05) is 34.1 Å². The highest BCUT2D eigenvalue weighted by molar-refractivity contribution is 9.10. The summed E-state index contributed by atoms with van der Waals surface area (Å²) in [5, 5.41) is 5.67. The minimum Gasteiger partial charge on any atom is -0.495 e. The van der Waals surface area contributed by atoms with E-state index in [1.54, 1.807) is 19.2 Å². The van der Waals surface area contributed by atoms with E-state index in [1.165, 1.54) is 0 Å². The summed E-state index contributed by atoms with van der Waals surface area (Å²) in [6, 6.07) is 14.6. The number of amides is 2. The topological polar surface area (TPSA) is 67.4 Å². The number of benzene rings is 2. The van der Waals surface area contributed by atoms with E-state index < -0.39 is 0 Å². The first kappa shape index (κ1) is 16.5. The zero-order valence-corrected chi connectivity index (χ0v) is 14.7. The smallest absolute Gasteiger partial charge is 0.228 e. The molecule has 0 saturated heterocycles. The van der Waals surface area contributed by atoms with Crippen molar-refractivity contribution in [2.24, 2.45) is 11.8 Å². The van der Waals surface area contributed by atoms with Crippen molar-refractivity contribution >= 4 is 39.1 Å². The normalized spacial score (nSPS) is 18.6. The molecule has 2 N–H and O–H groups in total. The minimum atomic E-state index is -0.304. The second-order valence-electron chi connectivity index (χ2n) is 5.64. The van der Waals surface area contributed by atoms with Gasteiger partial charge in [0, 0.05) is 10.2 Å². The van der Waals surface area contributed by atoms with Gasteiger partial charge in [0.25, 0.3) is 0 Å². The molecule has 1 saturated carbocycles. The molecule has 1 fully saturated rings. The van der Waals surface area contributed by atoms with Crippen molar-refractivity contribution < 1.29 is 14.3 Å². The highest BCUT2D eigenvalue weighted by atomic mass is 79.9. The van der Waals surface area contributed by atoms with Gasteiger partial charge in [-0.2, -0.15) is 0 Å². The first-order valence-corrected chi connectivity index (χ1v) is 8.38. The maximum absolute atomic E-state index is 12.3. The lowest BCUT2D eigenvalue weighted by Gasteiger charge is -2.09. The fourth-order valence-electron chi connectivity index (χ4n) is 2.55. The summed E-state index contributed by atoms with van der Waals surface area (Å²) in [6.45, 7) is 0. The van der Waals surface area contributed by atoms with Gasteiger partial charge in [-0.15, -0.1) is 0 Å². The summed E-state index contributed by atoms with van der Waals surface area (Å²) < 4.78 is 6.10. The number of para-hydroxylation sites is 2. The van der Waals surface area contributed by atoms with Crippen molar-refractivity contribution in [1.82, 2.24) is 0 Å². The highest BCUT2D eigenvalue weighted by Gasteiger charge is 2.48. The molecular formula is C18H17BrN2O3. The van der Waals surface area contributed by atoms with Gasteiger partial charge >= 0.3 is 0 Å². The Labute approximate surface area is 148 Å². The molecule has 6 heteroatoms. The average molecular weight is 389 g/mol. The fourth-order valence-corrected chi connectivity index (χ4v) is 2.95. The number of carbonyl (C=O) groups is 2. The van der Waals surface area contributed by atoms with Crippen LogP contribution in [-0.2, 0) is 9.59 Å². The molecule has 0 heterocycles. The van der Waals surface area contributed by atoms with Crippen molar-refractivity contribution in [2.45, 2.75) is 6.42 Å². The highest BCUT2D eigenvalue weighted by Crippen LogP contribution is 2.40. The standard InChI is InChI=1S/C18H17BrN2O3/c1-24-16-8-3-2-7-15(16)21-18(23)14-10-13(14)17(22)20-12-6-4-5-11(19)9-12/h2-9,13-14H,10H2,1H3,(H,20,22)(H,21,23). The first-order chi connectivity index (χ1) is 11.6. The number of halogens is 1. The zero-order chi connectivity index (χ0) is 17.1. The summed E-state index contributed by atoms with van der Waals surface area (Å²) in [6.07, 6.45) is 0.556. The lowest BCUT2D eigenvalue weighted by molar-refractivity contribution is -0.122. The number of hydrogen-bond donors (Lipinski definition) is 2. The Kier molecular flexibility index (Phi) is 4.85. The second kappa shape index (κ2) is 7.05. The number of ether oxygens (including phenoxy) is 1. The van der Waals surface area contributed by atoms with Crippen molar-refractivity contribution in [3.63, 3.8) is 0 Å². The largest absolute Gasteiger partial charge is 0.495 e. The average Bonchev–Trinajstić information content (AvgIpc) is 3.36. The number of anilines is 2. The Morgan fingerprint density at radius 1 is 1.04 bits per heavy atom. The zero-order valence-electron chi connectivity index (χ0n) is 13.1. The van der Waals surface area contributed by atoms with Gasteiger partial charge < -0.3 is 15.4 Å². The number of hydrogen-bond acceptors (Lipinski definition) is 3. The van der Waals surface area contributed by atoms with Crippen molar-refractivity contribution in [3.05, 3.63) is 53.0 Å². The van der Waals surface area contributed by atoms with Crippen LogP contribution in [0.3, 0.4) is 0 Å². The molecule has 3 rings (SSSR count). The molecule has 2 aromatic carbocycles. The lowest BCUT2D eigenvalue weighted by atomic mass is 10.2. The van der Waals surface area contributed by atoms with Crippen LogP contribution in [0, 0.1) is 11.8 Å². The van der Waals surface area contributed by atoms with E-state index in [9.17, 15) is 9.59 Å². The Morgan fingerprint density at radius 3 is 2.46 bits per heavy atom. The Balaban J connectivity index is 1.58. The predicted octanol–water partition coefficient (Wildman–Crippen LogP) is 3.67. The second-order valence-corrected chi connectivity index (χ2v) is 6.55.